The van der Waals surface area contributed by atoms with Crippen LogP contribution >= 0.6 is 36.2 Å². The van der Waals surface area contributed by atoms with Crippen LogP contribution in [-0.2, 0) is 12.6 Å². The zero-order valence-corrected chi connectivity index (χ0v) is 15.1. The zero-order valence-electron chi connectivity index (χ0n) is 11.4. The molecule has 112 valence electrons. The third kappa shape index (κ3) is 3.85. The SMILES string of the molecule is COC(=O)c1cc(I(OC(C)=O)c2ccccc2)c(Br)[nH]1. The molecule has 0 aliphatic carbocycles. The van der Waals surface area contributed by atoms with Crippen molar-refractivity contribution in [3.05, 3.63) is 53.8 Å². The van der Waals surface area contributed by atoms with Crippen LogP contribution in [0.25, 0.3) is 0 Å². The zero-order chi connectivity index (χ0) is 15.4. The van der Waals surface area contributed by atoms with E-state index >= 15 is 0 Å². The van der Waals surface area contributed by atoms with E-state index in [1.165, 1.54) is 14.0 Å². The Balaban J connectivity index is 2.44. The first kappa shape index (κ1) is 16.0. The fraction of sp³-hybridized carbons (Fsp3) is 0.143. The predicted octanol–water partition coefficient (Wildman–Crippen LogP) is 3.59. The fourth-order valence-electron chi connectivity index (χ4n) is 1.59. The number of carbonyl (C=O) groups excluding carboxylic acids is 2. The molecule has 0 radical (unpaired) electrons. The number of nitrogens with one attached hydrogen (secondary N) is 1. The van der Waals surface area contributed by atoms with Gasteiger partial charge in [0, 0.05) is 0 Å². The van der Waals surface area contributed by atoms with Gasteiger partial charge in [-0.25, -0.2) is 0 Å². The minimum atomic E-state index is -2.42. The molecule has 5 nitrogen and oxygen atoms in total. The third-order valence-electron chi connectivity index (χ3n) is 2.43. The Morgan fingerprint density at radius 3 is 2.48 bits per heavy atom. The summed E-state index contributed by atoms with van der Waals surface area (Å²) in [6.45, 7) is 1.38. The van der Waals surface area contributed by atoms with Crippen LogP contribution in [0.5, 0.6) is 0 Å². The van der Waals surface area contributed by atoms with Gasteiger partial charge in [-0.15, -0.1) is 0 Å². The molecular weight excluding hydrogens is 453 g/mol. The molecule has 2 rings (SSSR count). The second-order valence-electron chi connectivity index (χ2n) is 3.95. The molecule has 0 atom stereocenters. The molecule has 2 aromatic rings. The van der Waals surface area contributed by atoms with Crippen molar-refractivity contribution in [2.45, 2.75) is 6.92 Å². The van der Waals surface area contributed by atoms with E-state index in [1.54, 1.807) is 6.07 Å². The van der Waals surface area contributed by atoms with Gasteiger partial charge in [-0.3, -0.25) is 0 Å². The van der Waals surface area contributed by atoms with Crippen molar-refractivity contribution in [2.75, 3.05) is 7.11 Å². The number of H-pyrrole nitrogens is 1. The van der Waals surface area contributed by atoms with E-state index in [4.69, 9.17) is 3.07 Å². The summed E-state index contributed by atoms with van der Waals surface area (Å²) in [6.07, 6.45) is 0. The Bertz CT molecular complexity index is 656. The van der Waals surface area contributed by atoms with Crippen LogP contribution in [0.15, 0.2) is 41.0 Å². The summed E-state index contributed by atoms with van der Waals surface area (Å²) in [5, 5.41) is 0. The molecule has 7 heteroatoms. The van der Waals surface area contributed by atoms with Crippen LogP contribution < -0.4 is 0 Å². The maximum atomic E-state index is 11.6. The summed E-state index contributed by atoms with van der Waals surface area (Å²) in [5.74, 6) is -0.801. The van der Waals surface area contributed by atoms with Gasteiger partial charge < -0.3 is 0 Å². The first-order chi connectivity index (χ1) is 10.0. The topological polar surface area (TPSA) is 68.4 Å². The number of esters is 1. The van der Waals surface area contributed by atoms with Gasteiger partial charge in [0.15, 0.2) is 0 Å². The number of ether oxygens (including phenoxy) is 1. The molecule has 0 aliphatic heterocycles. The predicted molar refractivity (Wildman–Crippen MR) is 89.5 cm³/mol. The second-order valence-corrected chi connectivity index (χ2v) is 9.01. The summed E-state index contributed by atoms with van der Waals surface area (Å²) in [4.78, 5) is 25.9. The molecule has 0 saturated carbocycles. The van der Waals surface area contributed by atoms with E-state index in [0.717, 1.165) is 7.14 Å². The molecule has 1 heterocycles. The number of aromatic amines is 1. The number of benzene rings is 1. The van der Waals surface area contributed by atoms with Crippen molar-refractivity contribution < 1.29 is 17.4 Å². The van der Waals surface area contributed by atoms with E-state index < -0.39 is 26.2 Å². The van der Waals surface area contributed by atoms with E-state index in [1.807, 2.05) is 30.3 Å². The number of carbonyl (C=O) groups is 2. The quantitative estimate of drug-likeness (QED) is 0.553. The number of methoxy groups -OCH3 is 1. The average molecular weight is 466 g/mol. The monoisotopic (exact) mass is 465 g/mol. The normalized spacial score (nSPS) is 10.9. The molecule has 0 aliphatic rings. The van der Waals surface area contributed by atoms with Crippen LogP contribution in [0.3, 0.4) is 0 Å². The van der Waals surface area contributed by atoms with Gasteiger partial charge in [0.05, 0.1) is 0 Å². The molecule has 0 saturated heterocycles. The minimum absolute atomic E-state index is 0.324. The molecule has 1 aromatic heterocycles. The van der Waals surface area contributed by atoms with Gasteiger partial charge >= 0.3 is 138 Å². The Hall–Kier alpha value is -1.35. The summed E-state index contributed by atoms with van der Waals surface area (Å²) in [6, 6.07) is 11.2. The van der Waals surface area contributed by atoms with Gasteiger partial charge in [0.1, 0.15) is 0 Å². The van der Waals surface area contributed by atoms with E-state index in [2.05, 4.69) is 25.7 Å². The summed E-state index contributed by atoms with van der Waals surface area (Å²) in [5.41, 5.74) is 0.324. The van der Waals surface area contributed by atoms with Gasteiger partial charge in [-0.2, -0.15) is 0 Å². The molecule has 0 bridgehead atoms. The third-order valence-corrected chi connectivity index (χ3v) is 8.62. The molecule has 0 unspecified atom stereocenters. The van der Waals surface area contributed by atoms with Crippen molar-refractivity contribution in [1.29, 1.82) is 0 Å². The number of rotatable bonds is 4. The first-order valence-corrected chi connectivity index (χ1v) is 9.77. The Morgan fingerprint density at radius 1 is 1.24 bits per heavy atom. The maximum absolute atomic E-state index is 11.6. The molecule has 0 fully saturated rings. The second kappa shape index (κ2) is 7.08. The molecule has 1 N–H and O–H groups in total. The number of halogens is 2. The number of hydrogen-bond donors (Lipinski definition) is 1. The van der Waals surface area contributed by atoms with Crippen LogP contribution in [0.2, 0.25) is 0 Å². The average Bonchev–Trinajstić information content (AvgIpc) is 2.86. The van der Waals surface area contributed by atoms with E-state index in [-0.39, 0.29) is 5.97 Å². The van der Waals surface area contributed by atoms with Crippen molar-refractivity contribution >= 4 is 48.1 Å². The van der Waals surface area contributed by atoms with E-state index in [9.17, 15) is 9.59 Å². The van der Waals surface area contributed by atoms with Gasteiger partial charge in [0.25, 0.3) is 0 Å². The first-order valence-electron chi connectivity index (χ1n) is 5.93. The Morgan fingerprint density at radius 2 is 1.90 bits per heavy atom. The van der Waals surface area contributed by atoms with Crippen molar-refractivity contribution in [3.63, 3.8) is 0 Å². The van der Waals surface area contributed by atoms with E-state index in [0.29, 0.717) is 10.3 Å². The molecule has 0 spiro atoms. The van der Waals surface area contributed by atoms with Crippen molar-refractivity contribution in [2.24, 2.45) is 0 Å². The summed E-state index contributed by atoms with van der Waals surface area (Å²) >= 11 is 0.966. The van der Waals surface area contributed by atoms with Crippen LogP contribution in [0, 0.1) is 7.14 Å². The Kier molecular flexibility index (Phi) is 5.40. The molecule has 1 aromatic carbocycles. The summed E-state index contributed by atoms with van der Waals surface area (Å²) < 4.78 is 12.6. The standard InChI is InChI=1S/C14H13BrINO4/c1-9(18)21-16(10-6-4-3-5-7-10)11-8-12(14(19)20-2)17-13(11)15/h3-8,17H,1-2H3. The fourth-order valence-corrected chi connectivity index (χ4v) is 6.84. The van der Waals surface area contributed by atoms with Crippen molar-refractivity contribution in [3.8, 4) is 0 Å². The summed E-state index contributed by atoms with van der Waals surface area (Å²) in [7, 11) is 1.32. The van der Waals surface area contributed by atoms with Gasteiger partial charge in [0.2, 0.25) is 0 Å². The van der Waals surface area contributed by atoms with Crippen molar-refractivity contribution in [1.82, 2.24) is 4.98 Å². The van der Waals surface area contributed by atoms with Gasteiger partial charge in [-0.1, -0.05) is 0 Å². The van der Waals surface area contributed by atoms with Crippen LogP contribution in [0.1, 0.15) is 17.4 Å². The van der Waals surface area contributed by atoms with Crippen LogP contribution in [-0.4, -0.2) is 24.0 Å². The number of aromatic nitrogens is 1. The van der Waals surface area contributed by atoms with Gasteiger partial charge in [-0.05, 0) is 0 Å². The Labute approximate surface area is 138 Å². The molecule has 0 amide bonds. The molecular formula is C14H13BrINO4. The van der Waals surface area contributed by atoms with Crippen LogP contribution in [0.4, 0.5) is 0 Å². The molecule has 21 heavy (non-hydrogen) atoms. The number of hydrogen-bond acceptors (Lipinski definition) is 4.